The highest BCUT2D eigenvalue weighted by Gasteiger charge is 1.98. The van der Waals surface area contributed by atoms with Crippen molar-refractivity contribution in [2.24, 2.45) is 0 Å². The monoisotopic (exact) mass is 281 g/mol. The van der Waals surface area contributed by atoms with Gasteiger partial charge in [-0.3, -0.25) is 0 Å². The molecule has 2 heterocycles. The van der Waals surface area contributed by atoms with Crippen molar-refractivity contribution >= 4 is 17.2 Å². The molecule has 0 spiro atoms. The Labute approximate surface area is 122 Å². The molecule has 0 unspecified atom stereocenters. The number of fused-ring (bicyclic) bond motifs is 1. The number of hydrogen-bond acceptors (Lipinski definition) is 2. The zero-order valence-electron chi connectivity index (χ0n) is 10.8. The van der Waals surface area contributed by atoms with Gasteiger partial charge in [0.05, 0.1) is 11.2 Å². The summed E-state index contributed by atoms with van der Waals surface area (Å²) < 4.78 is 1.75. The normalized spacial score (nSPS) is 10.2. The molecular formula is C16H12ClN3. The van der Waals surface area contributed by atoms with Gasteiger partial charge in [-0.05, 0) is 18.2 Å². The maximum absolute atomic E-state index is 6.05. The number of rotatable bonds is 2. The number of halogens is 1. The lowest BCUT2D eigenvalue weighted by Crippen LogP contribution is -1.94. The highest BCUT2D eigenvalue weighted by Crippen LogP contribution is 2.13. The minimum Gasteiger partial charge on any atom is -0.234 e. The van der Waals surface area contributed by atoms with Crippen molar-refractivity contribution in [2.45, 2.75) is 12.8 Å². The van der Waals surface area contributed by atoms with Gasteiger partial charge in [0.25, 0.3) is 0 Å². The molecule has 1 aromatic carbocycles. The van der Waals surface area contributed by atoms with Crippen LogP contribution in [-0.4, -0.2) is 14.6 Å². The van der Waals surface area contributed by atoms with E-state index < -0.39 is 0 Å². The summed E-state index contributed by atoms with van der Waals surface area (Å²) in [6.07, 6.45) is 5.23. The summed E-state index contributed by atoms with van der Waals surface area (Å²) in [6, 6.07) is 11.5. The Kier molecular flexibility index (Phi) is 3.67. The summed E-state index contributed by atoms with van der Waals surface area (Å²) in [5, 5.41) is 4.81. The number of benzene rings is 1. The summed E-state index contributed by atoms with van der Waals surface area (Å²) in [4.78, 5) is 4.50. The van der Waals surface area contributed by atoms with Gasteiger partial charge in [0.1, 0.15) is 0 Å². The summed E-state index contributed by atoms with van der Waals surface area (Å²) in [7, 11) is 0. The molecule has 0 saturated carbocycles. The molecule has 0 radical (unpaired) electrons. The molecule has 0 aliphatic carbocycles. The van der Waals surface area contributed by atoms with Crippen LogP contribution in [0.25, 0.3) is 5.65 Å². The Bertz CT molecular complexity index is 796. The van der Waals surface area contributed by atoms with Gasteiger partial charge >= 0.3 is 0 Å². The first kappa shape index (κ1) is 12.7. The van der Waals surface area contributed by atoms with Crippen LogP contribution in [0.4, 0.5) is 0 Å². The number of hydrogen-bond donors (Lipinski definition) is 0. The topological polar surface area (TPSA) is 30.2 Å². The van der Waals surface area contributed by atoms with Crippen LogP contribution >= 0.6 is 11.6 Å². The van der Waals surface area contributed by atoms with E-state index in [1.807, 2.05) is 42.6 Å². The van der Waals surface area contributed by atoms with Crippen LogP contribution in [0.15, 0.2) is 48.8 Å². The molecule has 3 rings (SSSR count). The minimum atomic E-state index is 0.693. The van der Waals surface area contributed by atoms with E-state index in [0.717, 1.165) is 29.7 Å². The van der Waals surface area contributed by atoms with E-state index >= 15 is 0 Å². The molecule has 0 amide bonds. The molecule has 20 heavy (non-hydrogen) atoms. The van der Waals surface area contributed by atoms with Gasteiger partial charge in [0.2, 0.25) is 0 Å². The van der Waals surface area contributed by atoms with Crippen molar-refractivity contribution in [3.05, 3.63) is 65.1 Å². The summed E-state index contributed by atoms with van der Waals surface area (Å²) >= 11 is 6.05. The molecule has 0 atom stereocenters. The quantitative estimate of drug-likeness (QED) is 0.674. The Hall–Kier alpha value is -2.31. The molecule has 0 fully saturated rings. The highest BCUT2D eigenvalue weighted by atomic mass is 35.5. The van der Waals surface area contributed by atoms with Gasteiger partial charge in [0.15, 0.2) is 5.65 Å². The van der Waals surface area contributed by atoms with Crippen LogP contribution < -0.4 is 0 Å². The van der Waals surface area contributed by atoms with E-state index in [2.05, 4.69) is 21.9 Å². The van der Waals surface area contributed by atoms with Crippen LogP contribution in [0, 0.1) is 11.8 Å². The Morgan fingerprint density at radius 1 is 1.15 bits per heavy atom. The molecule has 0 saturated heterocycles. The molecule has 98 valence electrons. The third-order valence-corrected chi connectivity index (χ3v) is 3.25. The Morgan fingerprint density at radius 2 is 2.05 bits per heavy atom. The van der Waals surface area contributed by atoms with E-state index in [1.54, 1.807) is 10.7 Å². The molecule has 0 N–H and O–H groups in total. The first-order valence-corrected chi connectivity index (χ1v) is 6.73. The summed E-state index contributed by atoms with van der Waals surface area (Å²) in [5.41, 5.74) is 2.75. The van der Waals surface area contributed by atoms with Crippen molar-refractivity contribution < 1.29 is 0 Å². The summed E-state index contributed by atoms with van der Waals surface area (Å²) in [6.45, 7) is 0. The smallest absolute Gasteiger partial charge is 0.155 e. The second kappa shape index (κ2) is 5.77. The van der Waals surface area contributed by atoms with E-state index in [0.29, 0.717) is 5.02 Å². The fraction of sp³-hybridized carbons (Fsp3) is 0.125. The predicted molar refractivity (Wildman–Crippen MR) is 79.6 cm³/mol. The molecule has 4 heteroatoms. The molecule has 0 aliphatic rings. The highest BCUT2D eigenvalue weighted by molar-refractivity contribution is 6.31. The lowest BCUT2D eigenvalue weighted by atomic mass is 10.2. The minimum absolute atomic E-state index is 0.693. The Balaban J connectivity index is 1.67. The second-order valence-electron chi connectivity index (χ2n) is 4.33. The van der Waals surface area contributed by atoms with Gasteiger partial charge in [-0.25, -0.2) is 9.50 Å². The maximum atomic E-state index is 6.05. The van der Waals surface area contributed by atoms with Gasteiger partial charge < -0.3 is 0 Å². The van der Waals surface area contributed by atoms with E-state index in [1.165, 1.54) is 0 Å². The van der Waals surface area contributed by atoms with Crippen LogP contribution in [0.5, 0.6) is 0 Å². The van der Waals surface area contributed by atoms with Crippen LogP contribution in [0.2, 0.25) is 5.02 Å². The zero-order chi connectivity index (χ0) is 13.8. The number of aromatic nitrogens is 3. The van der Waals surface area contributed by atoms with E-state index in [9.17, 15) is 0 Å². The largest absolute Gasteiger partial charge is 0.234 e. The SMILES string of the molecule is Clc1ccccc1C#CCCc1ccn2nccc2n1. The van der Waals surface area contributed by atoms with Crippen molar-refractivity contribution in [3.63, 3.8) is 0 Å². The Morgan fingerprint density at radius 3 is 2.95 bits per heavy atom. The fourth-order valence-corrected chi connectivity index (χ4v) is 2.08. The zero-order valence-corrected chi connectivity index (χ0v) is 11.5. The molecule has 0 aliphatic heterocycles. The van der Waals surface area contributed by atoms with Crippen molar-refractivity contribution in [2.75, 3.05) is 0 Å². The first-order valence-electron chi connectivity index (χ1n) is 6.35. The van der Waals surface area contributed by atoms with Gasteiger partial charge in [-0.15, -0.1) is 0 Å². The standard InChI is InChI=1S/C16H12ClN3/c17-15-8-4-2-6-13(15)5-1-3-7-14-10-12-20-16(19-14)9-11-18-20/h2,4,6,8-12H,3,7H2. The van der Waals surface area contributed by atoms with Crippen LogP contribution in [-0.2, 0) is 6.42 Å². The maximum Gasteiger partial charge on any atom is 0.155 e. The number of aryl methyl sites for hydroxylation is 1. The van der Waals surface area contributed by atoms with Gasteiger partial charge in [-0.1, -0.05) is 35.6 Å². The third kappa shape index (κ3) is 2.81. The van der Waals surface area contributed by atoms with E-state index in [4.69, 9.17) is 11.6 Å². The van der Waals surface area contributed by atoms with Gasteiger partial charge in [0, 0.05) is 36.4 Å². The lowest BCUT2D eigenvalue weighted by Gasteiger charge is -1.98. The molecular weight excluding hydrogens is 270 g/mol. The van der Waals surface area contributed by atoms with Gasteiger partial charge in [-0.2, -0.15) is 5.10 Å². The summed E-state index contributed by atoms with van der Waals surface area (Å²) in [5.74, 6) is 6.22. The number of nitrogens with zero attached hydrogens (tertiary/aromatic N) is 3. The predicted octanol–water partition coefficient (Wildman–Crippen LogP) is 3.37. The third-order valence-electron chi connectivity index (χ3n) is 2.92. The molecule has 0 bridgehead atoms. The molecule has 3 nitrogen and oxygen atoms in total. The lowest BCUT2D eigenvalue weighted by molar-refractivity contribution is 0.895. The van der Waals surface area contributed by atoms with Crippen molar-refractivity contribution in [1.29, 1.82) is 0 Å². The van der Waals surface area contributed by atoms with Crippen LogP contribution in [0.3, 0.4) is 0 Å². The second-order valence-corrected chi connectivity index (χ2v) is 4.74. The average Bonchev–Trinajstić information content (AvgIpc) is 2.93. The van der Waals surface area contributed by atoms with Crippen molar-refractivity contribution in [3.8, 4) is 11.8 Å². The van der Waals surface area contributed by atoms with Crippen molar-refractivity contribution in [1.82, 2.24) is 14.6 Å². The van der Waals surface area contributed by atoms with Crippen LogP contribution in [0.1, 0.15) is 17.7 Å². The van der Waals surface area contributed by atoms with E-state index in [-0.39, 0.29) is 0 Å². The molecule has 3 aromatic rings. The average molecular weight is 282 g/mol. The first-order chi connectivity index (χ1) is 9.83. The molecule has 2 aromatic heterocycles. The fourth-order valence-electron chi connectivity index (χ4n) is 1.90.